The maximum Gasteiger partial charge on any atom is 0.251 e. The normalized spacial score (nSPS) is 33.9. The fourth-order valence-electron chi connectivity index (χ4n) is 8.04. The number of nitrogens with zero attached hydrogens (tertiary/aromatic N) is 1. The first-order chi connectivity index (χ1) is 17.0. The number of piperidine rings is 1. The second-order valence-corrected chi connectivity index (χ2v) is 11.4. The van der Waals surface area contributed by atoms with Gasteiger partial charge in [-0.25, -0.2) is 0 Å². The zero-order valence-electron chi connectivity index (χ0n) is 20.7. The predicted octanol–water partition coefficient (Wildman–Crippen LogP) is 4.29. The summed E-state index contributed by atoms with van der Waals surface area (Å²) in [7, 11) is 1.74. The van der Waals surface area contributed by atoms with Gasteiger partial charge in [-0.15, -0.1) is 12.4 Å². The molecule has 2 N–H and O–H groups in total. The maximum absolute atomic E-state index is 13.0. The summed E-state index contributed by atoms with van der Waals surface area (Å²) in [6.45, 7) is 2.84. The Morgan fingerprint density at radius 1 is 1.17 bits per heavy atom. The Morgan fingerprint density at radius 2 is 1.97 bits per heavy atom. The molecule has 2 aromatic rings. The van der Waals surface area contributed by atoms with Crippen LogP contribution in [0.3, 0.4) is 0 Å². The molecule has 192 valence electrons. The highest BCUT2D eigenvalue weighted by molar-refractivity contribution is 5.94. The number of fused-ring (bicyclic) bond motifs is 4. The molecule has 1 amide bonds. The van der Waals surface area contributed by atoms with Gasteiger partial charge in [-0.1, -0.05) is 6.07 Å². The topological polar surface area (TPSA) is 71.0 Å². The molecule has 6 nitrogen and oxygen atoms in total. The Balaban J connectivity index is 0.00000240. The molecule has 2 aromatic carbocycles. The molecule has 4 fully saturated rings. The third-order valence-corrected chi connectivity index (χ3v) is 9.65. The molecule has 4 bridgehead atoms. The van der Waals surface area contributed by atoms with Crippen LogP contribution in [0.2, 0.25) is 0 Å². The molecule has 7 heteroatoms. The van der Waals surface area contributed by atoms with E-state index in [0.29, 0.717) is 23.9 Å². The van der Waals surface area contributed by atoms with E-state index in [9.17, 15) is 9.90 Å². The minimum absolute atomic E-state index is 0. The number of likely N-dealkylation sites (tertiary alicyclic amines) is 1. The van der Waals surface area contributed by atoms with Gasteiger partial charge in [0, 0.05) is 24.6 Å². The summed E-state index contributed by atoms with van der Waals surface area (Å²) >= 11 is 0. The monoisotopic (exact) mass is 510 g/mol. The first kappa shape index (κ1) is 24.1. The van der Waals surface area contributed by atoms with Gasteiger partial charge in [0.1, 0.15) is 11.5 Å². The van der Waals surface area contributed by atoms with Crippen LogP contribution in [-0.4, -0.2) is 59.9 Å². The van der Waals surface area contributed by atoms with Gasteiger partial charge in [-0.05, 0) is 104 Å². The van der Waals surface area contributed by atoms with Crippen LogP contribution in [0, 0.1) is 11.8 Å². The van der Waals surface area contributed by atoms with Gasteiger partial charge in [0.2, 0.25) is 0 Å². The summed E-state index contributed by atoms with van der Waals surface area (Å²) in [6, 6.07) is 13.1. The molecular formula is C29H35ClN2O4. The largest absolute Gasteiger partial charge is 0.508 e. The summed E-state index contributed by atoms with van der Waals surface area (Å²) in [5.41, 5.74) is 3.12. The lowest BCUT2D eigenvalue weighted by atomic mass is 9.52. The number of phenols is 1. The van der Waals surface area contributed by atoms with Crippen molar-refractivity contribution in [3.05, 3.63) is 59.2 Å². The third kappa shape index (κ3) is 3.48. The van der Waals surface area contributed by atoms with Gasteiger partial charge < -0.3 is 19.9 Å². The molecule has 5 atom stereocenters. The average molecular weight is 511 g/mol. The SMILES string of the molecule is COc1ccc2c(c1)C1CCN(CC3CC3)C3(C2)C2CC[C@@](CNC(=O)c4ccc(O)cc4)(O2)C13.Cl. The van der Waals surface area contributed by atoms with Gasteiger partial charge in [0.05, 0.1) is 24.4 Å². The molecule has 2 aliphatic carbocycles. The number of rotatable bonds is 6. The maximum atomic E-state index is 13.0. The number of hydrogen-bond acceptors (Lipinski definition) is 5. The highest BCUT2D eigenvalue weighted by Crippen LogP contribution is 2.66. The molecule has 0 spiro atoms. The van der Waals surface area contributed by atoms with Crippen molar-refractivity contribution >= 4 is 18.3 Å². The predicted molar refractivity (Wildman–Crippen MR) is 139 cm³/mol. The van der Waals surface area contributed by atoms with Crippen molar-refractivity contribution in [1.82, 2.24) is 10.2 Å². The highest BCUT2D eigenvalue weighted by Gasteiger charge is 2.73. The lowest BCUT2D eigenvalue weighted by Gasteiger charge is -2.60. The summed E-state index contributed by atoms with van der Waals surface area (Å²) < 4.78 is 12.6. The van der Waals surface area contributed by atoms with Crippen LogP contribution in [0.4, 0.5) is 0 Å². The van der Waals surface area contributed by atoms with Crippen LogP contribution >= 0.6 is 12.4 Å². The number of halogens is 1. The van der Waals surface area contributed by atoms with Crippen LogP contribution in [0.15, 0.2) is 42.5 Å². The summed E-state index contributed by atoms with van der Waals surface area (Å²) in [4.78, 5) is 15.8. The minimum atomic E-state index is -0.342. The fraction of sp³-hybridized carbons (Fsp3) is 0.552. The van der Waals surface area contributed by atoms with Crippen molar-refractivity contribution < 1.29 is 19.4 Å². The standard InChI is InChI=1S/C29H34N2O4.ClH/c1-34-22-9-6-20-15-29-25-10-12-28(35-25,17-30-27(33)19-4-7-21(32)8-5-19)26(29)23(24(20)14-22)11-13-31(29)16-18-2-3-18;/h4-9,14,18,23,25-26,32H,2-3,10-13,15-17H2,1H3,(H,30,33);1H/t23?,25?,26?,28-,29?;/m0./s1. The van der Waals surface area contributed by atoms with Crippen LogP contribution in [0.1, 0.15) is 59.5 Å². The number of aromatic hydroxyl groups is 1. The summed E-state index contributed by atoms with van der Waals surface area (Å²) in [5, 5.41) is 12.8. The van der Waals surface area contributed by atoms with E-state index in [1.54, 1.807) is 31.4 Å². The van der Waals surface area contributed by atoms with Gasteiger partial charge in [-0.2, -0.15) is 0 Å². The molecule has 5 aliphatic rings. The molecule has 36 heavy (non-hydrogen) atoms. The zero-order chi connectivity index (χ0) is 23.8. The molecule has 1 saturated carbocycles. The number of phenolic OH excluding ortho intramolecular Hbond substituents is 1. The quantitative estimate of drug-likeness (QED) is 0.606. The van der Waals surface area contributed by atoms with Crippen LogP contribution < -0.4 is 10.1 Å². The number of carbonyl (C=O) groups is 1. The first-order valence-corrected chi connectivity index (χ1v) is 13.2. The van der Waals surface area contributed by atoms with Crippen molar-refractivity contribution in [3.63, 3.8) is 0 Å². The van der Waals surface area contributed by atoms with E-state index in [4.69, 9.17) is 9.47 Å². The number of amides is 1. The molecule has 0 radical (unpaired) electrons. The molecule has 7 rings (SSSR count). The van der Waals surface area contributed by atoms with E-state index in [1.807, 2.05) is 0 Å². The van der Waals surface area contributed by atoms with Gasteiger partial charge in [-0.3, -0.25) is 9.69 Å². The van der Waals surface area contributed by atoms with Gasteiger partial charge >= 0.3 is 0 Å². The molecule has 4 unspecified atom stereocenters. The number of methoxy groups -OCH3 is 1. The molecule has 3 aliphatic heterocycles. The van der Waals surface area contributed by atoms with Gasteiger partial charge in [0.25, 0.3) is 5.91 Å². The molecule has 0 aromatic heterocycles. The number of carbonyl (C=O) groups excluding carboxylic acids is 1. The van der Waals surface area contributed by atoms with Crippen molar-refractivity contribution in [1.29, 1.82) is 0 Å². The first-order valence-electron chi connectivity index (χ1n) is 13.2. The summed E-state index contributed by atoms with van der Waals surface area (Å²) in [6.07, 6.45) is 7.14. The van der Waals surface area contributed by atoms with Crippen LogP contribution in [0.25, 0.3) is 0 Å². The number of benzene rings is 2. The lowest BCUT2D eigenvalue weighted by Crippen LogP contribution is -2.70. The minimum Gasteiger partial charge on any atom is -0.508 e. The Morgan fingerprint density at radius 3 is 2.72 bits per heavy atom. The van der Waals surface area contributed by atoms with Crippen molar-refractivity contribution in [3.8, 4) is 11.5 Å². The van der Waals surface area contributed by atoms with E-state index in [1.165, 1.54) is 30.5 Å². The van der Waals surface area contributed by atoms with Crippen molar-refractivity contribution in [2.45, 2.75) is 61.7 Å². The van der Waals surface area contributed by atoms with Gasteiger partial charge in [0.15, 0.2) is 0 Å². The van der Waals surface area contributed by atoms with E-state index in [-0.39, 0.29) is 41.3 Å². The fourth-order valence-corrected chi connectivity index (χ4v) is 8.04. The Bertz CT molecular complexity index is 1170. The number of ether oxygens (including phenoxy) is 2. The number of hydrogen-bond donors (Lipinski definition) is 2. The smallest absolute Gasteiger partial charge is 0.251 e. The van der Waals surface area contributed by atoms with E-state index < -0.39 is 0 Å². The average Bonchev–Trinajstić information content (AvgIpc) is 3.52. The van der Waals surface area contributed by atoms with Crippen LogP contribution in [0.5, 0.6) is 11.5 Å². The third-order valence-electron chi connectivity index (χ3n) is 9.65. The van der Waals surface area contributed by atoms with Crippen LogP contribution in [-0.2, 0) is 11.2 Å². The zero-order valence-corrected chi connectivity index (χ0v) is 21.6. The second kappa shape index (κ2) is 8.64. The molecular weight excluding hydrogens is 476 g/mol. The molecule has 3 heterocycles. The lowest BCUT2D eigenvalue weighted by molar-refractivity contribution is -0.0545. The van der Waals surface area contributed by atoms with Crippen molar-refractivity contribution in [2.24, 2.45) is 11.8 Å². The Kier molecular flexibility index (Phi) is 5.78. The number of nitrogens with one attached hydrogen (secondary N) is 1. The molecule has 3 saturated heterocycles. The summed E-state index contributed by atoms with van der Waals surface area (Å²) in [5.74, 6) is 2.60. The second-order valence-electron chi connectivity index (χ2n) is 11.4. The van der Waals surface area contributed by atoms with Crippen molar-refractivity contribution in [2.75, 3.05) is 26.7 Å². The van der Waals surface area contributed by atoms with E-state index in [2.05, 4.69) is 28.4 Å². The Labute approximate surface area is 218 Å². The highest BCUT2D eigenvalue weighted by atomic mass is 35.5. The van der Waals surface area contributed by atoms with E-state index in [0.717, 1.165) is 43.9 Å². The van der Waals surface area contributed by atoms with E-state index >= 15 is 0 Å². The Hall–Kier alpha value is -2.28.